The van der Waals surface area contributed by atoms with Gasteiger partial charge in [-0.2, -0.15) is 9.97 Å². The molecule has 0 saturated heterocycles. The minimum Gasteiger partial charge on any atom is -0.480 e. The van der Waals surface area contributed by atoms with Crippen molar-refractivity contribution in [2.75, 3.05) is 17.7 Å². The highest BCUT2D eigenvalue weighted by atomic mass is 31.2. The molecule has 0 aliphatic heterocycles. The molecular weight excluding hydrogens is 413 g/mol. The number of nitrogens with one attached hydrogen (secondary N) is 2. The number of nitrogen functional groups attached to an aromatic ring is 1. The summed E-state index contributed by atoms with van der Waals surface area (Å²) in [7, 11) is -4.22. The average molecular weight is 437 g/mol. The van der Waals surface area contributed by atoms with Gasteiger partial charge in [0.15, 0.2) is 17.0 Å². The van der Waals surface area contributed by atoms with E-state index < -0.39 is 19.8 Å². The van der Waals surface area contributed by atoms with E-state index in [4.69, 9.17) is 15.4 Å². The molecule has 0 amide bonds. The molecule has 2 aliphatic carbocycles. The molecule has 162 valence electrons. The lowest BCUT2D eigenvalue weighted by Crippen LogP contribution is -2.32. The van der Waals surface area contributed by atoms with Crippen molar-refractivity contribution >= 4 is 36.6 Å². The zero-order valence-electron chi connectivity index (χ0n) is 16.3. The third-order valence-corrected chi connectivity index (χ3v) is 6.27. The standard InChI is InChI=1S/C17H24N7O5P/c1-9(16(25)26)23-30(27,28)29-7-10-2-5-12(6-10)24-8-19-13-14(20-11-3-4-11)21-17(18)22-15(13)24/h2,5,8-12H,3-4,6-7H2,1H3,(H,25,26)(H2,23,27,28)(H3,18,20,21,22)/t9-,10-,12+/m1/s1. The van der Waals surface area contributed by atoms with Crippen molar-refractivity contribution in [2.45, 2.75) is 44.3 Å². The lowest BCUT2D eigenvalue weighted by molar-refractivity contribution is -0.138. The van der Waals surface area contributed by atoms with Gasteiger partial charge in [0.05, 0.1) is 19.0 Å². The zero-order chi connectivity index (χ0) is 21.5. The lowest BCUT2D eigenvalue weighted by atomic mass is 10.1. The first kappa shape index (κ1) is 20.7. The molecule has 1 saturated carbocycles. The first-order valence-electron chi connectivity index (χ1n) is 9.64. The van der Waals surface area contributed by atoms with Crippen molar-refractivity contribution in [3.63, 3.8) is 0 Å². The Kier molecular flexibility index (Phi) is 5.49. The number of allylic oxidation sites excluding steroid dienone is 1. The van der Waals surface area contributed by atoms with Crippen LogP contribution in [0.3, 0.4) is 0 Å². The van der Waals surface area contributed by atoms with Gasteiger partial charge in [0, 0.05) is 12.0 Å². The fourth-order valence-electron chi connectivity index (χ4n) is 3.31. The second-order valence-corrected chi connectivity index (χ2v) is 9.18. The minimum atomic E-state index is -4.22. The summed E-state index contributed by atoms with van der Waals surface area (Å²) in [6.45, 7) is 1.24. The first-order chi connectivity index (χ1) is 14.2. The highest BCUT2D eigenvalue weighted by Crippen LogP contribution is 2.40. The summed E-state index contributed by atoms with van der Waals surface area (Å²) in [6, 6.07) is -0.878. The molecule has 12 nitrogen and oxygen atoms in total. The molecule has 0 spiro atoms. The highest BCUT2D eigenvalue weighted by Gasteiger charge is 2.30. The predicted molar refractivity (Wildman–Crippen MR) is 109 cm³/mol. The Morgan fingerprint density at radius 3 is 2.90 bits per heavy atom. The maximum absolute atomic E-state index is 12.0. The molecule has 4 atom stereocenters. The van der Waals surface area contributed by atoms with Crippen molar-refractivity contribution in [3.8, 4) is 0 Å². The summed E-state index contributed by atoms with van der Waals surface area (Å²) in [5.41, 5.74) is 7.15. The Hall–Kier alpha value is -2.53. The quantitative estimate of drug-likeness (QED) is 0.282. The van der Waals surface area contributed by atoms with Crippen LogP contribution in [0.5, 0.6) is 0 Å². The number of aliphatic carboxylic acids is 1. The fraction of sp³-hybridized carbons (Fsp3) is 0.529. The molecular formula is C17H24N7O5P. The van der Waals surface area contributed by atoms with Gasteiger partial charge < -0.3 is 25.6 Å². The monoisotopic (exact) mass is 437 g/mol. The summed E-state index contributed by atoms with van der Waals surface area (Å²) in [5.74, 6) is -0.579. The maximum Gasteiger partial charge on any atom is 0.403 e. The van der Waals surface area contributed by atoms with Gasteiger partial charge in [-0.25, -0.2) is 14.6 Å². The van der Waals surface area contributed by atoms with Crippen LogP contribution in [0.4, 0.5) is 11.8 Å². The second-order valence-electron chi connectivity index (χ2n) is 7.63. The van der Waals surface area contributed by atoms with Crippen LogP contribution in [0.25, 0.3) is 11.2 Å². The molecule has 13 heteroatoms. The predicted octanol–water partition coefficient (Wildman–Crippen LogP) is 1.28. The smallest absolute Gasteiger partial charge is 0.403 e. The van der Waals surface area contributed by atoms with Gasteiger partial charge in [0.2, 0.25) is 5.95 Å². The number of carbonyl (C=O) groups is 1. The summed E-state index contributed by atoms with van der Waals surface area (Å²) >= 11 is 0. The number of rotatable bonds is 9. The van der Waals surface area contributed by atoms with E-state index in [-0.39, 0.29) is 24.5 Å². The van der Waals surface area contributed by atoms with Crippen LogP contribution in [-0.2, 0) is 13.9 Å². The highest BCUT2D eigenvalue weighted by molar-refractivity contribution is 7.50. The van der Waals surface area contributed by atoms with Gasteiger partial charge >= 0.3 is 13.7 Å². The Bertz CT molecular complexity index is 1040. The van der Waals surface area contributed by atoms with E-state index in [2.05, 4.69) is 25.4 Å². The molecule has 2 aromatic rings. The van der Waals surface area contributed by atoms with Gasteiger partial charge in [0.25, 0.3) is 0 Å². The fourth-order valence-corrected chi connectivity index (χ4v) is 4.38. The number of carboxylic acids is 1. The SMILES string of the molecule is C[C@@H](NP(=O)(O)OC[C@@H]1C=C[C@H](n2cnc3c(NC4CC4)nc(N)nc32)C1)C(=O)O. The normalized spacial score (nSPS) is 24.1. The van der Waals surface area contributed by atoms with Gasteiger partial charge in [0.1, 0.15) is 6.04 Å². The van der Waals surface area contributed by atoms with Crippen LogP contribution >= 0.6 is 7.75 Å². The zero-order valence-corrected chi connectivity index (χ0v) is 17.2. The topological polar surface area (TPSA) is 178 Å². The van der Waals surface area contributed by atoms with Crippen LogP contribution < -0.4 is 16.1 Å². The average Bonchev–Trinajstić information content (AvgIpc) is 3.19. The maximum atomic E-state index is 12.0. The van der Waals surface area contributed by atoms with Crippen LogP contribution in [0.1, 0.15) is 32.2 Å². The third kappa shape index (κ3) is 4.62. The third-order valence-electron chi connectivity index (χ3n) is 5.05. The first-order valence-corrected chi connectivity index (χ1v) is 11.2. The summed E-state index contributed by atoms with van der Waals surface area (Å²) < 4.78 is 19.0. The molecule has 0 radical (unpaired) electrons. The number of carboxylic acid groups (broad SMARTS) is 1. The summed E-state index contributed by atoms with van der Waals surface area (Å²) in [4.78, 5) is 33.7. The molecule has 2 aliphatic rings. The second kappa shape index (κ2) is 7.95. The Morgan fingerprint density at radius 1 is 1.43 bits per heavy atom. The van der Waals surface area contributed by atoms with E-state index in [1.54, 1.807) is 6.33 Å². The molecule has 2 heterocycles. The number of imidazole rings is 1. The van der Waals surface area contributed by atoms with E-state index in [1.165, 1.54) is 6.92 Å². The number of hydrogen-bond donors (Lipinski definition) is 5. The van der Waals surface area contributed by atoms with Crippen molar-refractivity contribution < 1.29 is 23.9 Å². The number of nitrogens with two attached hydrogens (primary N) is 1. The largest absolute Gasteiger partial charge is 0.480 e. The van der Waals surface area contributed by atoms with Crippen LogP contribution in [-0.4, -0.2) is 54.2 Å². The van der Waals surface area contributed by atoms with Crippen LogP contribution in [0, 0.1) is 5.92 Å². The Morgan fingerprint density at radius 2 is 2.20 bits per heavy atom. The van der Waals surface area contributed by atoms with Crippen molar-refractivity contribution in [1.82, 2.24) is 24.6 Å². The Balaban J connectivity index is 1.42. The van der Waals surface area contributed by atoms with Crippen molar-refractivity contribution in [3.05, 3.63) is 18.5 Å². The molecule has 0 bridgehead atoms. The number of hydrogen-bond acceptors (Lipinski definition) is 8. The van der Waals surface area contributed by atoms with Gasteiger partial charge in [-0.05, 0) is 26.2 Å². The van der Waals surface area contributed by atoms with E-state index in [0.717, 1.165) is 12.8 Å². The van der Waals surface area contributed by atoms with E-state index in [0.29, 0.717) is 29.4 Å². The van der Waals surface area contributed by atoms with Gasteiger partial charge in [-0.15, -0.1) is 0 Å². The molecule has 1 fully saturated rings. The van der Waals surface area contributed by atoms with Gasteiger partial charge in [-0.3, -0.25) is 9.32 Å². The van der Waals surface area contributed by atoms with E-state index in [1.807, 2.05) is 16.7 Å². The van der Waals surface area contributed by atoms with Crippen LogP contribution in [0.2, 0.25) is 0 Å². The Labute approximate surface area is 172 Å². The number of nitrogens with zero attached hydrogens (tertiary/aromatic N) is 4. The van der Waals surface area contributed by atoms with Crippen molar-refractivity contribution in [2.24, 2.45) is 5.92 Å². The molecule has 0 aromatic carbocycles. The van der Waals surface area contributed by atoms with E-state index in [9.17, 15) is 14.3 Å². The summed E-state index contributed by atoms with van der Waals surface area (Å²) in [6.07, 6.45) is 8.32. The molecule has 30 heavy (non-hydrogen) atoms. The van der Waals surface area contributed by atoms with Gasteiger partial charge in [-0.1, -0.05) is 12.2 Å². The molecule has 2 aromatic heterocycles. The molecule has 6 N–H and O–H groups in total. The molecule has 1 unspecified atom stereocenters. The lowest BCUT2D eigenvalue weighted by Gasteiger charge is -2.18. The van der Waals surface area contributed by atoms with Crippen LogP contribution in [0.15, 0.2) is 18.5 Å². The summed E-state index contributed by atoms with van der Waals surface area (Å²) in [5, 5.41) is 14.3. The van der Waals surface area contributed by atoms with E-state index >= 15 is 0 Å². The number of aromatic nitrogens is 4. The molecule has 4 rings (SSSR count). The van der Waals surface area contributed by atoms with Crippen molar-refractivity contribution in [1.29, 1.82) is 0 Å². The minimum absolute atomic E-state index is 0.0294. The number of fused-ring (bicyclic) bond motifs is 1. The number of anilines is 2.